The summed E-state index contributed by atoms with van der Waals surface area (Å²) in [6.45, 7) is 4.49. The Bertz CT molecular complexity index is 964. The highest BCUT2D eigenvalue weighted by molar-refractivity contribution is 9.10. The van der Waals surface area contributed by atoms with Crippen LogP contribution in [0.4, 0.5) is 0 Å². The Hall–Kier alpha value is -1.72. The Labute approximate surface area is 196 Å². The Morgan fingerprint density at radius 1 is 0.900 bits per heavy atom. The number of rotatable bonds is 10. The SMILES string of the molecule is CCOc1cc(CNCCc2ccc(Cl)cc2)c(Br)cc1OCc1ccccc1Cl. The molecule has 0 saturated heterocycles. The topological polar surface area (TPSA) is 30.5 Å². The van der Waals surface area contributed by atoms with Crippen molar-refractivity contribution in [1.29, 1.82) is 0 Å². The largest absolute Gasteiger partial charge is 0.490 e. The lowest BCUT2D eigenvalue weighted by atomic mass is 10.1. The van der Waals surface area contributed by atoms with Crippen molar-refractivity contribution in [2.45, 2.75) is 26.5 Å². The van der Waals surface area contributed by atoms with Crippen LogP contribution in [0.25, 0.3) is 0 Å². The van der Waals surface area contributed by atoms with E-state index in [1.54, 1.807) is 0 Å². The Morgan fingerprint density at radius 3 is 2.37 bits per heavy atom. The van der Waals surface area contributed by atoms with Crippen LogP contribution in [0.2, 0.25) is 10.0 Å². The molecule has 0 atom stereocenters. The number of benzene rings is 3. The van der Waals surface area contributed by atoms with Gasteiger partial charge in [0.2, 0.25) is 0 Å². The summed E-state index contributed by atoms with van der Waals surface area (Å²) in [6.07, 6.45) is 0.937. The molecule has 0 saturated carbocycles. The molecule has 0 aliphatic heterocycles. The summed E-state index contributed by atoms with van der Waals surface area (Å²) >= 11 is 15.8. The van der Waals surface area contributed by atoms with E-state index in [0.717, 1.165) is 45.9 Å². The molecule has 158 valence electrons. The summed E-state index contributed by atoms with van der Waals surface area (Å²) in [4.78, 5) is 0. The van der Waals surface area contributed by atoms with Gasteiger partial charge in [0.15, 0.2) is 11.5 Å². The third-order valence-electron chi connectivity index (χ3n) is 4.57. The summed E-state index contributed by atoms with van der Waals surface area (Å²) in [5.74, 6) is 1.41. The molecule has 3 aromatic carbocycles. The lowest BCUT2D eigenvalue weighted by Gasteiger charge is -2.16. The average molecular weight is 509 g/mol. The van der Waals surface area contributed by atoms with Gasteiger partial charge < -0.3 is 14.8 Å². The van der Waals surface area contributed by atoms with E-state index in [0.29, 0.717) is 24.0 Å². The van der Waals surface area contributed by atoms with Crippen molar-refractivity contribution in [1.82, 2.24) is 5.32 Å². The first-order chi connectivity index (χ1) is 14.6. The van der Waals surface area contributed by atoms with Crippen molar-refractivity contribution in [2.75, 3.05) is 13.2 Å². The molecule has 0 bridgehead atoms. The van der Waals surface area contributed by atoms with Crippen molar-refractivity contribution < 1.29 is 9.47 Å². The molecule has 0 heterocycles. The summed E-state index contributed by atoms with van der Waals surface area (Å²) < 4.78 is 12.8. The molecule has 0 aromatic heterocycles. The molecule has 6 heteroatoms. The van der Waals surface area contributed by atoms with E-state index in [2.05, 4.69) is 33.4 Å². The predicted octanol–water partition coefficient (Wildman–Crippen LogP) is 7.07. The molecule has 3 nitrogen and oxygen atoms in total. The third-order valence-corrected chi connectivity index (χ3v) is 5.93. The van der Waals surface area contributed by atoms with Crippen molar-refractivity contribution >= 4 is 39.1 Å². The second kappa shape index (κ2) is 11.6. The van der Waals surface area contributed by atoms with E-state index in [1.165, 1.54) is 5.56 Å². The van der Waals surface area contributed by atoms with Gasteiger partial charge in [0.05, 0.1) is 6.61 Å². The molecule has 3 aromatic rings. The fourth-order valence-corrected chi connectivity index (χ4v) is 3.75. The molecule has 0 spiro atoms. The number of hydrogen-bond donors (Lipinski definition) is 1. The number of hydrogen-bond acceptors (Lipinski definition) is 3. The number of halogens is 3. The summed E-state index contributed by atoms with van der Waals surface area (Å²) in [5, 5.41) is 4.93. The first-order valence-electron chi connectivity index (χ1n) is 9.83. The van der Waals surface area contributed by atoms with Gasteiger partial charge in [0.1, 0.15) is 6.61 Å². The van der Waals surface area contributed by atoms with Crippen molar-refractivity contribution in [3.8, 4) is 11.5 Å². The molecule has 3 rings (SSSR count). The van der Waals surface area contributed by atoms with Gasteiger partial charge in [-0.15, -0.1) is 0 Å². The van der Waals surface area contributed by atoms with Crippen LogP contribution < -0.4 is 14.8 Å². The molecular weight excluding hydrogens is 485 g/mol. The molecule has 0 aliphatic rings. The van der Waals surface area contributed by atoms with Crippen LogP contribution in [0, 0.1) is 0 Å². The lowest BCUT2D eigenvalue weighted by molar-refractivity contribution is 0.269. The Balaban J connectivity index is 1.61. The van der Waals surface area contributed by atoms with E-state index < -0.39 is 0 Å². The first-order valence-corrected chi connectivity index (χ1v) is 11.4. The molecule has 0 amide bonds. The van der Waals surface area contributed by atoms with E-state index in [-0.39, 0.29) is 0 Å². The maximum absolute atomic E-state index is 6.24. The molecular formula is C24H24BrCl2NO2. The van der Waals surface area contributed by atoms with Crippen LogP contribution in [-0.4, -0.2) is 13.2 Å². The zero-order chi connectivity index (χ0) is 21.3. The summed E-state index contributed by atoms with van der Waals surface area (Å²) in [5.41, 5.74) is 3.30. The lowest BCUT2D eigenvalue weighted by Crippen LogP contribution is -2.17. The van der Waals surface area contributed by atoms with E-state index in [9.17, 15) is 0 Å². The summed E-state index contributed by atoms with van der Waals surface area (Å²) in [7, 11) is 0. The van der Waals surface area contributed by atoms with E-state index in [4.69, 9.17) is 32.7 Å². The Kier molecular flexibility index (Phi) is 8.88. The molecule has 30 heavy (non-hydrogen) atoms. The van der Waals surface area contributed by atoms with Crippen LogP contribution in [0.15, 0.2) is 65.1 Å². The van der Waals surface area contributed by atoms with Gasteiger partial charge >= 0.3 is 0 Å². The van der Waals surface area contributed by atoms with Crippen molar-refractivity contribution in [3.63, 3.8) is 0 Å². The number of ether oxygens (including phenoxy) is 2. The maximum atomic E-state index is 6.24. The van der Waals surface area contributed by atoms with Gasteiger partial charge in [-0.2, -0.15) is 0 Å². The normalized spacial score (nSPS) is 10.8. The highest BCUT2D eigenvalue weighted by Gasteiger charge is 2.12. The minimum absolute atomic E-state index is 0.380. The Morgan fingerprint density at radius 2 is 1.63 bits per heavy atom. The van der Waals surface area contributed by atoms with Gasteiger partial charge in [-0.3, -0.25) is 0 Å². The average Bonchev–Trinajstić information content (AvgIpc) is 2.74. The first kappa shape index (κ1) is 23.0. The zero-order valence-electron chi connectivity index (χ0n) is 16.8. The minimum Gasteiger partial charge on any atom is -0.490 e. The molecule has 1 N–H and O–H groups in total. The van der Waals surface area contributed by atoms with Crippen LogP contribution in [0.3, 0.4) is 0 Å². The zero-order valence-corrected chi connectivity index (χ0v) is 19.9. The fourth-order valence-electron chi connectivity index (χ4n) is 2.97. The van der Waals surface area contributed by atoms with E-state index in [1.807, 2.05) is 55.5 Å². The van der Waals surface area contributed by atoms with Crippen LogP contribution in [-0.2, 0) is 19.6 Å². The van der Waals surface area contributed by atoms with Gasteiger partial charge in [0, 0.05) is 26.6 Å². The second-order valence-corrected chi connectivity index (χ2v) is 8.45. The fraction of sp³-hybridized carbons (Fsp3) is 0.250. The smallest absolute Gasteiger partial charge is 0.162 e. The number of nitrogens with one attached hydrogen (secondary N) is 1. The third kappa shape index (κ3) is 6.64. The van der Waals surface area contributed by atoms with Crippen LogP contribution in [0.5, 0.6) is 11.5 Å². The van der Waals surface area contributed by atoms with Crippen molar-refractivity contribution in [3.05, 3.63) is 91.9 Å². The van der Waals surface area contributed by atoms with Gasteiger partial charge in [-0.1, -0.05) is 69.5 Å². The van der Waals surface area contributed by atoms with Crippen LogP contribution in [0.1, 0.15) is 23.6 Å². The van der Waals surface area contributed by atoms with Crippen molar-refractivity contribution in [2.24, 2.45) is 0 Å². The predicted molar refractivity (Wildman–Crippen MR) is 128 cm³/mol. The van der Waals surface area contributed by atoms with Gasteiger partial charge in [-0.05, 0) is 61.3 Å². The van der Waals surface area contributed by atoms with Crippen LogP contribution >= 0.6 is 39.1 Å². The molecule has 0 unspecified atom stereocenters. The molecule has 0 radical (unpaired) electrons. The molecule has 0 aliphatic carbocycles. The second-order valence-electron chi connectivity index (χ2n) is 6.76. The minimum atomic E-state index is 0.380. The van der Waals surface area contributed by atoms with Gasteiger partial charge in [0.25, 0.3) is 0 Å². The summed E-state index contributed by atoms with van der Waals surface area (Å²) in [6, 6.07) is 19.6. The molecule has 0 fully saturated rings. The van der Waals surface area contributed by atoms with E-state index >= 15 is 0 Å². The highest BCUT2D eigenvalue weighted by atomic mass is 79.9. The standard InChI is InChI=1S/C24H24BrCl2NO2/c1-2-29-23-13-19(15-28-12-11-17-7-9-20(26)10-8-17)21(25)14-24(23)30-16-18-5-3-4-6-22(18)27/h3-10,13-14,28H,2,11-12,15-16H2,1H3. The monoisotopic (exact) mass is 507 g/mol. The quantitative estimate of drug-likeness (QED) is 0.297. The highest BCUT2D eigenvalue weighted by Crippen LogP contribution is 2.34. The van der Waals surface area contributed by atoms with Gasteiger partial charge in [-0.25, -0.2) is 0 Å². The maximum Gasteiger partial charge on any atom is 0.162 e.